The van der Waals surface area contributed by atoms with Gasteiger partial charge in [-0.05, 0) is 5.56 Å². The van der Waals surface area contributed by atoms with E-state index in [-0.39, 0.29) is 0 Å². The largest absolute Gasteiger partial charge is 0.467 e. The van der Waals surface area contributed by atoms with Crippen molar-refractivity contribution in [2.75, 3.05) is 7.11 Å². The molecule has 1 N–H and O–H groups in total. The maximum absolute atomic E-state index is 12.1. The van der Waals surface area contributed by atoms with Gasteiger partial charge in [0.05, 0.1) is 7.11 Å². The third kappa shape index (κ3) is 3.51. The maximum atomic E-state index is 12.1. The lowest BCUT2D eigenvalue weighted by Crippen LogP contribution is -2.37. The number of benzene rings is 1. The molecule has 1 aromatic carbocycles. The highest BCUT2D eigenvalue weighted by Gasteiger charge is 2.26. The highest BCUT2D eigenvalue weighted by molar-refractivity contribution is 5.86. The Hall–Kier alpha value is -1.98. The Labute approximate surface area is 96.6 Å². The zero-order valence-corrected chi connectivity index (χ0v) is 9.02. The number of carbonyl (C=O) groups is 2. The summed E-state index contributed by atoms with van der Waals surface area (Å²) in [4.78, 5) is 22.3. The molecule has 0 spiro atoms. The molecule has 0 heterocycles. The van der Waals surface area contributed by atoms with E-state index >= 15 is 0 Å². The number of esters is 1. The summed E-state index contributed by atoms with van der Waals surface area (Å²) in [6.07, 6.45) is -3.18. The summed E-state index contributed by atoms with van der Waals surface area (Å²) in [6.45, 7) is 0. The molecule has 1 aromatic rings. The number of rotatable bonds is 4. The van der Waals surface area contributed by atoms with Gasteiger partial charge in [0, 0.05) is 0 Å². The van der Waals surface area contributed by atoms with Gasteiger partial charge in [0.25, 0.3) is 5.91 Å². The number of amides is 1. The van der Waals surface area contributed by atoms with Crippen LogP contribution in [0.5, 0.6) is 0 Å². The van der Waals surface area contributed by atoms with E-state index in [4.69, 9.17) is 0 Å². The first-order valence-electron chi connectivity index (χ1n) is 4.77. The van der Waals surface area contributed by atoms with Crippen molar-refractivity contribution in [3.05, 3.63) is 35.9 Å². The van der Waals surface area contributed by atoms with Crippen LogP contribution in [0.2, 0.25) is 0 Å². The van der Waals surface area contributed by atoms with Gasteiger partial charge in [-0.2, -0.15) is 8.78 Å². The molecule has 0 aliphatic rings. The van der Waals surface area contributed by atoms with E-state index in [1.54, 1.807) is 18.2 Å². The SMILES string of the molecule is COC(=O)C(NC(=O)C(F)F)c1ccccc1. The zero-order valence-electron chi connectivity index (χ0n) is 9.02. The quantitative estimate of drug-likeness (QED) is 0.810. The van der Waals surface area contributed by atoms with E-state index in [2.05, 4.69) is 4.74 Å². The van der Waals surface area contributed by atoms with Crippen LogP contribution in [-0.4, -0.2) is 25.4 Å². The van der Waals surface area contributed by atoms with Crippen LogP contribution in [0.4, 0.5) is 8.78 Å². The molecule has 0 aliphatic heterocycles. The predicted octanol–water partition coefficient (Wildman–Crippen LogP) is 1.28. The minimum absolute atomic E-state index is 0.383. The fourth-order valence-corrected chi connectivity index (χ4v) is 1.25. The molecule has 0 aliphatic carbocycles. The van der Waals surface area contributed by atoms with E-state index in [0.717, 1.165) is 7.11 Å². The predicted molar refractivity (Wildman–Crippen MR) is 55.3 cm³/mol. The molecule has 0 saturated heterocycles. The molecule has 4 nitrogen and oxygen atoms in total. The summed E-state index contributed by atoms with van der Waals surface area (Å²) in [6, 6.07) is 6.80. The highest BCUT2D eigenvalue weighted by atomic mass is 19.3. The molecule has 0 aromatic heterocycles. The monoisotopic (exact) mass is 243 g/mol. The van der Waals surface area contributed by atoms with Gasteiger partial charge in [-0.15, -0.1) is 0 Å². The van der Waals surface area contributed by atoms with Crippen molar-refractivity contribution in [1.29, 1.82) is 0 Å². The minimum Gasteiger partial charge on any atom is -0.467 e. The molecule has 1 atom stereocenters. The number of alkyl halides is 2. The standard InChI is InChI=1S/C11H11F2NO3/c1-17-11(16)8(14-10(15)9(12)13)7-5-3-2-4-6-7/h2-6,8-9H,1H3,(H,14,15). The molecule has 17 heavy (non-hydrogen) atoms. The number of hydrogen-bond acceptors (Lipinski definition) is 3. The van der Waals surface area contributed by atoms with Crippen LogP contribution in [0.3, 0.4) is 0 Å². The van der Waals surface area contributed by atoms with Gasteiger partial charge >= 0.3 is 12.4 Å². The molecule has 1 rings (SSSR count). The van der Waals surface area contributed by atoms with E-state index in [1.165, 1.54) is 12.1 Å². The topological polar surface area (TPSA) is 55.4 Å². The van der Waals surface area contributed by atoms with Gasteiger partial charge in [-0.3, -0.25) is 4.79 Å². The summed E-state index contributed by atoms with van der Waals surface area (Å²) in [5, 5.41) is 1.92. The number of carbonyl (C=O) groups excluding carboxylic acids is 2. The van der Waals surface area contributed by atoms with Crippen LogP contribution in [0, 0.1) is 0 Å². The molecule has 0 radical (unpaired) electrons. The summed E-state index contributed by atoms with van der Waals surface area (Å²) in [5.41, 5.74) is 0.383. The third-order valence-electron chi connectivity index (χ3n) is 2.05. The Balaban J connectivity index is 2.90. The Bertz CT molecular complexity index is 395. The number of halogens is 2. The second-order valence-corrected chi connectivity index (χ2v) is 3.18. The molecule has 0 fully saturated rings. The van der Waals surface area contributed by atoms with Gasteiger partial charge in [0.2, 0.25) is 0 Å². The Kier molecular flexibility index (Phi) is 4.56. The summed E-state index contributed by atoms with van der Waals surface area (Å²) < 4.78 is 28.7. The Morgan fingerprint density at radius 1 is 1.24 bits per heavy atom. The lowest BCUT2D eigenvalue weighted by Gasteiger charge is -2.16. The average Bonchev–Trinajstić information content (AvgIpc) is 2.35. The summed E-state index contributed by atoms with van der Waals surface area (Å²) in [5.74, 6) is -2.31. The molecular formula is C11H11F2NO3. The number of nitrogens with one attached hydrogen (secondary N) is 1. The van der Waals surface area contributed by atoms with Crippen LogP contribution >= 0.6 is 0 Å². The molecule has 6 heteroatoms. The van der Waals surface area contributed by atoms with E-state index in [9.17, 15) is 18.4 Å². The van der Waals surface area contributed by atoms with E-state index < -0.39 is 24.3 Å². The smallest absolute Gasteiger partial charge is 0.333 e. The lowest BCUT2D eigenvalue weighted by molar-refractivity contribution is -0.147. The fourth-order valence-electron chi connectivity index (χ4n) is 1.25. The van der Waals surface area contributed by atoms with Gasteiger partial charge < -0.3 is 10.1 Å². The fraction of sp³-hybridized carbons (Fsp3) is 0.273. The third-order valence-corrected chi connectivity index (χ3v) is 2.05. The normalized spacial score (nSPS) is 12.0. The first kappa shape index (κ1) is 13.1. The molecule has 0 saturated carbocycles. The maximum Gasteiger partial charge on any atom is 0.333 e. The lowest BCUT2D eigenvalue weighted by atomic mass is 10.1. The first-order chi connectivity index (χ1) is 8.06. The van der Waals surface area contributed by atoms with Gasteiger partial charge in [0.15, 0.2) is 6.04 Å². The minimum atomic E-state index is -3.18. The number of methoxy groups -OCH3 is 1. The van der Waals surface area contributed by atoms with Crippen molar-refractivity contribution in [3.63, 3.8) is 0 Å². The van der Waals surface area contributed by atoms with Crippen molar-refractivity contribution in [2.45, 2.75) is 12.5 Å². The molecule has 0 bridgehead atoms. The van der Waals surface area contributed by atoms with Crippen LogP contribution in [0.25, 0.3) is 0 Å². The first-order valence-corrected chi connectivity index (χ1v) is 4.77. The summed E-state index contributed by atoms with van der Waals surface area (Å²) in [7, 11) is 1.12. The van der Waals surface area contributed by atoms with Gasteiger partial charge in [0.1, 0.15) is 0 Å². The van der Waals surface area contributed by atoms with Gasteiger partial charge in [-0.1, -0.05) is 30.3 Å². The average molecular weight is 243 g/mol. The van der Waals surface area contributed by atoms with Crippen molar-refractivity contribution in [3.8, 4) is 0 Å². The van der Waals surface area contributed by atoms with Crippen molar-refractivity contribution in [1.82, 2.24) is 5.32 Å². The summed E-state index contributed by atoms with van der Waals surface area (Å²) >= 11 is 0. The number of hydrogen-bond donors (Lipinski definition) is 1. The van der Waals surface area contributed by atoms with Crippen LogP contribution in [0.1, 0.15) is 11.6 Å². The Morgan fingerprint density at radius 2 is 1.82 bits per heavy atom. The van der Waals surface area contributed by atoms with Crippen molar-refractivity contribution < 1.29 is 23.1 Å². The van der Waals surface area contributed by atoms with E-state index in [0.29, 0.717) is 5.56 Å². The van der Waals surface area contributed by atoms with Gasteiger partial charge in [-0.25, -0.2) is 4.79 Å². The van der Waals surface area contributed by atoms with Crippen LogP contribution in [-0.2, 0) is 14.3 Å². The molecule has 92 valence electrons. The number of ether oxygens (including phenoxy) is 1. The zero-order chi connectivity index (χ0) is 12.8. The van der Waals surface area contributed by atoms with Crippen molar-refractivity contribution >= 4 is 11.9 Å². The molecule has 1 unspecified atom stereocenters. The van der Waals surface area contributed by atoms with Crippen LogP contribution in [0.15, 0.2) is 30.3 Å². The Morgan fingerprint density at radius 3 is 2.29 bits per heavy atom. The second-order valence-electron chi connectivity index (χ2n) is 3.18. The molecule has 1 amide bonds. The van der Waals surface area contributed by atoms with Crippen LogP contribution < -0.4 is 5.32 Å². The molecular weight excluding hydrogens is 232 g/mol. The van der Waals surface area contributed by atoms with Crippen molar-refractivity contribution in [2.24, 2.45) is 0 Å². The van der Waals surface area contributed by atoms with E-state index in [1.807, 2.05) is 5.32 Å². The second kappa shape index (κ2) is 5.93. The highest BCUT2D eigenvalue weighted by Crippen LogP contribution is 2.14.